The molecule has 1 fully saturated rings. The average molecular weight is 257 g/mol. The van der Waals surface area contributed by atoms with E-state index in [0.29, 0.717) is 36.8 Å². The van der Waals surface area contributed by atoms with E-state index in [4.69, 9.17) is 10.4 Å². The van der Waals surface area contributed by atoms with Gasteiger partial charge in [0.2, 0.25) is 0 Å². The fourth-order valence-corrected chi connectivity index (χ4v) is 2.58. The smallest absolute Gasteiger partial charge is 0.306 e. The Labute approximate surface area is 111 Å². The lowest BCUT2D eigenvalue weighted by molar-refractivity contribution is -0.143. The summed E-state index contributed by atoms with van der Waals surface area (Å²) in [5.74, 6) is -1.16. The molecular weight excluding hydrogens is 242 g/mol. The number of Topliss-reactive ketones (excluding diaryl/α,β-unsaturated/α-hetero) is 1. The van der Waals surface area contributed by atoms with Crippen molar-refractivity contribution in [3.8, 4) is 6.07 Å². The van der Waals surface area contributed by atoms with E-state index in [1.54, 1.807) is 24.3 Å². The lowest BCUT2D eigenvalue weighted by Crippen LogP contribution is -2.25. The summed E-state index contributed by atoms with van der Waals surface area (Å²) in [6.07, 6.45) is 2.35. The molecule has 0 spiro atoms. The maximum atomic E-state index is 12.3. The van der Waals surface area contributed by atoms with Gasteiger partial charge >= 0.3 is 5.97 Å². The second-order valence-electron chi connectivity index (χ2n) is 4.94. The van der Waals surface area contributed by atoms with Crippen molar-refractivity contribution < 1.29 is 14.7 Å². The first-order valence-electron chi connectivity index (χ1n) is 6.39. The molecule has 1 saturated carbocycles. The standard InChI is InChI=1S/C15H15NO3/c16-9-10-2-1-3-13(8-10)14(17)11-4-6-12(7-5-11)15(18)19/h1-3,8,11-12H,4-7H2,(H,18,19). The molecule has 98 valence electrons. The fourth-order valence-electron chi connectivity index (χ4n) is 2.58. The Bertz CT molecular complexity index is 537. The molecule has 0 atom stereocenters. The number of benzene rings is 1. The maximum Gasteiger partial charge on any atom is 0.306 e. The molecule has 0 amide bonds. The summed E-state index contributed by atoms with van der Waals surface area (Å²) in [5, 5.41) is 17.8. The van der Waals surface area contributed by atoms with E-state index in [0.717, 1.165) is 0 Å². The van der Waals surface area contributed by atoms with Gasteiger partial charge < -0.3 is 5.11 Å². The molecule has 1 N–H and O–H groups in total. The summed E-state index contributed by atoms with van der Waals surface area (Å²) < 4.78 is 0. The summed E-state index contributed by atoms with van der Waals surface area (Å²) in [6.45, 7) is 0. The van der Waals surface area contributed by atoms with Gasteiger partial charge in [-0.25, -0.2) is 0 Å². The van der Waals surface area contributed by atoms with Crippen molar-refractivity contribution in [2.75, 3.05) is 0 Å². The maximum absolute atomic E-state index is 12.3. The third-order valence-corrected chi connectivity index (χ3v) is 3.72. The average Bonchev–Trinajstić information content (AvgIpc) is 2.46. The van der Waals surface area contributed by atoms with Crippen LogP contribution >= 0.6 is 0 Å². The number of nitrogens with zero attached hydrogens (tertiary/aromatic N) is 1. The molecule has 1 aromatic rings. The van der Waals surface area contributed by atoms with Crippen LogP contribution in [0.4, 0.5) is 0 Å². The Morgan fingerprint density at radius 3 is 2.37 bits per heavy atom. The number of rotatable bonds is 3. The van der Waals surface area contributed by atoms with Crippen LogP contribution in [0.2, 0.25) is 0 Å². The Morgan fingerprint density at radius 2 is 1.79 bits per heavy atom. The molecule has 0 bridgehead atoms. The zero-order valence-corrected chi connectivity index (χ0v) is 10.5. The lowest BCUT2D eigenvalue weighted by Gasteiger charge is -2.25. The van der Waals surface area contributed by atoms with Crippen molar-refractivity contribution in [2.24, 2.45) is 11.8 Å². The van der Waals surface area contributed by atoms with Gasteiger partial charge in [0.1, 0.15) is 0 Å². The van der Waals surface area contributed by atoms with E-state index < -0.39 is 5.97 Å². The van der Waals surface area contributed by atoms with Gasteiger partial charge in [-0.2, -0.15) is 5.26 Å². The van der Waals surface area contributed by atoms with E-state index in [2.05, 4.69) is 0 Å². The highest BCUT2D eigenvalue weighted by Crippen LogP contribution is 2.31. The molecule has 0 unspecified atom stereocenters. The van der Waals surface area contributed by atoms with Gasteiger partial charge in [-0.05, 0) is 37.8 Å². The van der Waals surface area contributed by atoms with Crippen LogP contribution in [0.25, 0.3) is 0 Å². The molecule has 4 nitrogen and oxygen atoms in total. The monoisotopic (exact) mass is 257 g/mol. The molecule has 1 aliphatic carbocycles. The minimum Gasteiger partial charge on any atom is -0.481 e. The van der Waals surface area contributed by atoms with Crippen molar-refractivity contribution in [1.29, 1.82) is 5.26 Å². The zero-order valence-electron chi connectivity index (χ0n) is 10.5. The van der Waals surface area contributed by atoms with Crippen molar-refractivity contribution in [3.05, 3.63) is 35.4 Å². The summed E-state index contributed by atoms with van der Waals surface area (Å²) in [6, 6.07) is 8.70. The van der Waals surface area contributed by atoms with Crippen LogP contribution in [0.1, 0.15) is 41.6 Å². The van der Waals surface area contributed by atoms with Gasteiger partial charge in [0.25, 0.3) is 0 Å². The second kappa shape index (κ2) is 5.66. The number of carbonyl (C=O) groups excluding carboxylic acids is 1. The van der Waals surface area contributed by atoms with Gasteiger partial charge in [-0.1, -0.05) is 12.1 Å². The SMILES string of the molecule is N#Cc1cccc(C(=O)C2CCC(C(=O)O)CC2)c1. The summed E-state index contributed by atoms with van der Waals surface area (Å²) in [4.78, 5) is 23.2. The molecular formula is C15H15NO3. The number of hydrogen-bond donors (Lipinski definition) is 1. The minimum absolute atomic E-state index is 0.0286. The minimum atomic E-state index is -0.766. The first-order chi connectivity index (χ1) is 9.11. The summed E-state index contributed by atoms with van der Waals surface area (Å²) in [7, 11) is 0. The second-order valence-corrected chi connectivity index (χ2v) is 4.94. The van der Waals surface area contributed by atoms with Crippen molar-refractivity contribution in [2.45, 2.75) is 25.7 Å². The fraction of sp³-hybridized carbons (Fsp3) is 0.400. The molecule has 0 aromatic heterocycles. The number of ketones is 1. The molecule has 1 aliphatic rings. The van der Waals surface area contributed by atoms with Crippen LogP contribution in [-0.2, 0) is 4.79 Å². The van der Waals surface area contributed by atoms with Crippen LogP contribution in [0.5, 0.6) is 0 Å². The highest BCUT2D eigenvalue weighted by Gasteiger charge is 2.30. The number of hydrogen-bond acceptors (Lipinski definition) is 3. The molecule has 0 aliphatic heterocycles. The topological polar surface area (TPSA) is 78.2 Å². The van der Waals surface area contributed by atoms with Gasteiger partial charge in [0.15, 0.2) is 5.78 Å². The number of carbonyl (C=O) groups is 2. The quantitative estimate of drug-likeness (QED) is 0.844. The van der Waals surface area contributed by atoms with Crippen LogP contribution < -0.4 is 0 Å². The summed E-state index contributed by atoms with van der Waals surface area (Å²) in [5.41, 5.74) is 1.03. The van der Waals surface area contributed by atoms with Gasteiger partial charge in [-0.15, -0.1) is 0 Å². The Balaban J connectivity index is 2.05. The van der Waals surface area contributed by atoms with Crippen LogP contribution in [0.15, 0.2) is 24.3 Å². The Morgan fingerprint density at radius 1 is 1.16 bits per heavy atom. The third kappa shape index (κ3) is 3.00. The molecule has 4 heteroatoms. The Kier molecular flexibility index (Phi) is 3.96. The van der Waals surface area contributed by atoms with Crippen LogP contribution in [0.3, 0.4) is 0 Å². The highest BCUT2D eigenvalue weighted by atomic mass is 16.4. The Hall–Kier alpha value is -2.15. The van der Waals surface area contributed by atoms with Crippen LogP contribution in [0, 0.1) is 23.2 Å². The molecule has 0 radical (unpaired) electrons. The van der Waals surface area contributed by atoms with E-state index in [-0.39, 0.29) is 17.6 Å². The predicted octanol–water partition coefficient (Wildman–Crippen LogP) is 2.63. The van der Waals surface area contributed by atoms with Gasteiger partial charge in [-0.3, -0.25) is 9.59 Å². The van der Waals surface area contributed by atoms with E-state index in [1.165, 1.54) is 0 Å². The van der Waals surface area contributed by atoms with Crippen molar-refractivity contribution >= 4 is 11.8 Å². The van der Waals surface area contributed by atoms with Gasteiger partial charge in [0.05, 0.1) is 17.6 Å². The third-order valence-electron chi connectivity index (χ3n) is 3.72. The first-order valence-corrected chi connectivity index (χ1v) is 6.39. The van der Waals surface area contributed by atoms with Crippen molar-refractivity contribution in [3.63, 3.8) is 0 Å². The largest absolute Gasteiger partial charge is 0.481 e. The van der Waals surface area contributed by atoms with Crippen molar-refractivity contribution in [1.82, 2.24) is 0 Å². The molecule has 0 saturated heterocycles. The number of carboxylic acids is 1. The van der Waals surface area contributed by atoms with E-state index in [9.17, 15) is 9.59 Å². The van der Waals surface area contributed by atoms with Crippen LogP contribution in [-0.4, -0.2) is 16.9 Å². The highest BCUT2D eigenvalue weighted by molar-refractivity contribution is 5.98. The number of carboxylic acid groups (broad SMARTS) is 1. The number of nitriles is 1. The molecule has 19 heavy (non-hydrogen) atoms. The lowest BCUT2D eigenvalue weighted by atomic mass is 9.78. The predicted molar refractivity (Wildman–Crippen MR) is 68.6 cm³/mol. The van der Waals surface area contributed by atoms with E-state index >= 15 is 0 Å². The number of aliphatic carboxylic acids is 1. The summed E-state index contributed by atoms with van der Waals surface area (Å²) >= 11 is 0. The zero-order chi connectivity index (χ0) is 13.8. The molecule has 0 heterocycles. The van der Waals surface area contributed by atoms with Gasteiger partial charge in [0, 0.05) is 11.5 Å². The van der Waals surface area contributed by atoms with E-state index in [1.807, 2.05) is 6.07 Å². The normalized spacial score (nSPS) is 22.5. The first kappa shape index (κ1) is 13.3. The molecule has 1 aromatic carbocycles. The molecule has 2 rings (SSSR count).